The maximum Gasteiger partial charge on any atom is 0.227 e. The molecule has 0 bridgehead atoms. The summed E-state index contributed by atoms with van der Waals surface area (Å²) >= 11 is 0. The molecule has 1 N–H and O–H groups in total. The van der Waals surface area contributed by atoms with E-state index in [2.05, 4.69) is 38.3 Å². The van der Waals surface area contributed by atoms with Crippen LogP contribution in [0.3, 0.4) is 0 Å². The second-order valence-corrected chi connectivity index (χ2v) is 6.45. The first-order valence-electron chi connectivity index (χ1n) is 9.01. The minimum Gasteiger partial charge on any atom is -0.356 e. The van der Waals surface area contributed by atoms with E-state index >= 15 is 0 Å². The van der Waals surface area contributed by atoms with E-state index in [0.29, 0.717) is 0 Å². The van der Waals surface area contributed by atoms with E-state index in [9.17, 15) is 4.79 Å². The first-order valence-corrected chi connectivity index (χ1v) is 9.01. The van der Waals surface area contributed by atoms with Crippen molar-refractivity contribution in [2.45, 2.75) is 46.6 Å². The van der Waals surface area contributed by atoms with E-state index < -0.39 is 0 Å². The van der Waals surface area contributed by atoms with Crippen LogP contribution in [0, 0.1) is 12.8 Å². The summed E-state index contributed by atoms with van der Waals surface area (Å²) in [6.07, 6.45) is 6.13. The third kappa shape index (κ3) is 4.15. The van der Waals surface area contributed by atoms with Crippen LogP contribution in [0.4, 0.5) is 11.5 Å². The van der Waals surface area contributed by atoms with E-state index in [1.165, 1.54) is 0 Å². The number of rotatable bonds is 5. The lowest BCUT2D eigenvalue weighted by atomic mass is 9.96. The summed E-state index contributed by atoms with van der Waals surface area (Å²) in [5.74, 6) is 1.91. The lowest BCUT2D eigenvalue weighted by molar-refractivity contribution is -0.120. The highest BCUT2D eigenvalue weighted by Crippen LogP contribution is 2.23. The molecular formula is C18H26N6O. The van der Waals surface area contributed by atoms with Crippen LogP contribution in [-0.4, -0.2) is 38.7 Å². The summed E-state index contributed by atoms with van der Waals surface area (Å²) in [5, 5.41) is 7.17. The first-order chi connectivity index (χ1) is 12.1. The predicted molar refractivity (Wildman–Crippen MR) is 97.6 cm³/mol. The molecule has 7 heteroatoms. The molecule has 1 saturated heterocycles. The van der Waals surface area contributed by atoms with Gasteiger partial charge in [0.05, 0.1) is 11.9 Å². The average Bonchev–Trinajstić information content (AvgIpc) is 3.08. The molecular weight excluding hydrogens is 316 g/mol. The number of anilines is 2. The van der Waals surface area contributed by atoms with Crippen molar-refractivity contribution >= 4 is 17.4 Å². The number of hydrogen-bond acceptors (Lipinski definition) is 5. The average molecular weight is 342 g/mol. The van der Waals surface area contributed by atoms with Gasteiger partial charge < -0.3 is 10.2 Å². The van der Waals surface area contributed by atoms with Gasteiger partial charge in [-0.15, -0.1) is 0 Å². The number of amides is 1. The third-order valence-corrected chi connectivity index (χ3v) is 4.65. The van der Waals surface area contributed by atoms with Crippen LogP contribution in [0.1, 0.15) is 38.2 Å². The quantitative estimate of drug-likeness (QED) is 0.903. The summed E-state index contributed by atoms with van der Waals surface area (Å²) in [5.41, 5.74) is 1.84. The zero-order valence-corrected chi connectivity index (χ0v) is 15.2. The van der Waals surface area contributed by atoms with E-state index in [1.807, 2.05) is 20.0 Å². The maximum atomic E-state index is 12.5. The van der Waals surface area contributed by atoms with Gasteiger partial charge in [0, 0.05) is 43.5 Å². The Morgan fingerprint density at radius 3 is 2.68 bits per heavy atom. The van der Waals surface area contributed by atoms with Crippen molar-refractivity contribution in [1.82, 2.24) is 19.7 Å². The summed E-state index contributed by atoms with van der Waals surface area (Å²) in [6, 6.07) is 2.06. The van der Waals surface area contributed by atoms with E-state index in [0.717, 1.165) is 61.9 Å². The highest BCUT2D eigenvalue weighted by molar-refractivity contribution is 5.92. The molecule has 0 atom stereocenters. The summed E-state index contributed by atoms with van der Waals surface area (Å²) in [4.78, 5) is 23.7. The molecule has 7 nitrogen and oxygen atoms in total. The van der Waals surface area contributed by atoms with Gasteiger partial charge in [-0.2, -0.15) is 5.10 Å². The number of hydrogen-bond donors (Lipinski definition) is 1. The summed E-state index contributed by atoms with van der Waals surface area (Å²) in [6.45, 7) is 8.53. The Hall–Kier alpha value is -2.44. The molecule has 1 amide bonds. The normalized spacial score (nSPS) is 15.4. The third-order valence-electron chi connectivity index (χ3n) is 4.65. The molecule has 0 spiro atoms. The molecule has 25 heavy (non-hydrogen) atoms. The smallest absolute Gasteiger partial charge is 0.227 e. The number of piperidine rings is 1. The Kier molecular flexibility index (Phi) is 5.31. The standard InChI is InChI=1S/C18H26N6O/c1-4-15-10-17(21-13(3)20-15)23-8-6-14(7-9-23)18(25)22-16-11-19-24(5-2)12-16/h10-12,14H,4-9H2,1-3H3,(H,22,25). The Balaban J connectivity index is 1.57. The van der Waals surface area contributed by atoms with Crippen LogP contribution in [-0.2, 0) is 17.8 Å². The molecule has 0 aliphatic carbocycles. The van der Waals surface area contributed by atoms with Gasteiger partial charge in [0.2, 0.25) is 5.91 Å². The van der Waals surface area contributed by atoms with Gasteiger partial charge in [0.1, 0.15) is 11.6 Å². The summed E-state index contributed by atoms with van der Waals surface area (Å²) < 4.78 is 1.81. The number of aryl methyl sites for hydroxylation is 3. The minimum absolute atomic E-state index is 0.0369. The molecule has 2 aromatic heterocycles. The zero-order chi connectivity index (χ0) is 17.8. The second-order valence-electron chi connectivity index (χ2n) is 6.45. The predicted octanol–water partition coefficient (Wildman–Crippen LogP) is 2.42. The summed E-state index contributed by atoms with van der Waals surface area (Å²) in [7, 11) is 0. The highest BCUT2D eigenvalue weighted by Gasteiger charge is 2.26. The van der Waals surface area contributed by atoms with Gasteiger partial charge in [0.25, 0.3) is 0 Å². The molecule has 3 heterocycles. The Morgan fingerprint density at radius 1 is 1.28 bits per heavy atom. The molecule has 0 radical (unpaired) electrons. The topological polar surface area (TPSA) is 75.9 Å². The van der Waals surface area contributed by atoms with Crippen molar-refractivity contribution in [3.63, 3.8) is 0 Å². The van der Waals surface area contributed by atoms with Gasteiger partial charge in [-0.25, -0.2) is 9.97 Å². The van der Waals surface area contributed by atoms with E-state index in [-0.39, 0.29) is 11.8 Å². The fraction of sp³-hybridized carbons (Fsp3) is 0.556. The lowest BCUT2D eigenvalue weighted by Crippen LogP contribution is -2.38. The van der Waals surface area contributed by atoms with E-state index in [1.54, 1.807) is 10.9 Å². The molecule has 3 rings (SSSR count). The van der Waals surface area contributed by atoms with Crippen molar-refractivity contribution in [2.24, 2.45) is 5.92 Å². The molecule has 0 aromatic carbocycles. The van der Waals surface area contributed by atoms with Crippen molar-refractivity contribution in [3.8, 4) is 0 Å². The lowest BCUT2D eigenvalue weighted by Gasteiger charge is -2.32. The van der Waals surface area contributed by atoms with Gasteiger partial charge in [-0.3, -0.25) is 9.48 Å². The SMILES string of the molecule is CCc1cc(N2CCC(C(=O)Nc3cnn(CC)c3)CC2)nc(C)n1. The van der Waals surface area contributed by atoms with Gasteiger partial charge in [-0.1, -0.05) is 6.92 Å². The van der Waals surface area contributed by atoms with Crippen LogP contribution in [0.5, 0.6) is 0 Å². The maximum absolute atomic E-state index is 12.5. The van der Waals surface area contributed by atoms with E-state index in [4.69, 9.17) is 0 Å². The van der Waals surface area contributed by atoms with Crippen molar-refractivity contribution in [1.29, 1.82) is 0 Å². The molecule has 0 saturated carbocycles. The molecule has 2 aromatic rings. The fourth-order valence-electron chi connectivity index (χ4n) is 3.17. The number of carbonyl (C=O) groups is 1. The molecule has 1 aliphatic heterocycles. The van der Waals surface area contributed by atoms with Crippen LogP contribution < -0.4 is 10.2 Å². The first kappa shape index (κ1) is 17.4. The Bertz CT molecular complexity index is 733. The monoisotopic (exact) mass is 342 g/mol. The molecule has 0 unspecified atom stereocenters. The van der Waals surface area contributed by atoms with Crippen LogP contribution in [0.2, 0.25) is 0 Å². The highest BCUT2D eigenvalue weighted by atomic mass is 16.1. The fourth-order valence-corrected chi connectivity index (χ4v) is 3.17. The Morgan fingerprint density at radius 2 is 2.04 bits per heavy atom. The van der Waals surface area contributed by atoms with Crippen LogP contribution in [0.15, 0.2) is 18.5 Å². The van der Waals surface area contributed by atoms with Gasteiger partial charge in [-0.05, 0) is 33.1 Å². The van der Waals surface area contributed by atoms with Gasteiger partial charge in [0.15, 0.2) is 0 Å². The van der Waals surface area contributed by atoms with Crippen molar-refractivity contribution in [2.75, 3.05) is 23.3 Å². The van der Waals surface area contributed by atoms with Gasteiger partial charge >= 0.3 is 0 Å². The molecule has 134 valence electrons. The van der Waals surface area contributed by atoms with Crippen molar-refractivity contribution < 1.29 is 4.79 Å². The molecule has 1 aliphatic rings. The number of aromatic nitrogens is 4. The van der Waals surface area contributed by atoms with Crippen LogP contribution in [0.25, 0.3) is 0 Å². The number of nitrogens with zero attached hydrogens (tertiary/aromatic N) is 5. The number of nitrogens with one attached hydrogen (secondary N) is 1. The zero-order valence-electron chi connectivity index (χ0n) is 15.2. The second kappa shape index (κ2) is 7.63. The minimum atomic E-state index is 0.0369. The van der Waals surface area contributed by atoms with Crippen LogP contribution >= 0.6 is 0 Å². The van der Waals surface area contributed by atoms with Crippen molar-refractivity contribution in [3.05, 3.63) is 30.0 Å². The molecule has 1 fully saturated rings. The largest absolute Gasteiger partial charge is 0.356 e. The number of carbonyl (C=O) groups excluding carboxylic acids is 1. The Labute approximate surface area is 148 Å².